The summed E-state index contributed by atoms with van der Waals surface area (Å²) in [6.45, 7) is 5.61. The highest BCUT2D eigenvalue weighted by atomic mass is 19.4. The van der Waals surface area contributed by atoms with Crippen LogP contribution in [0.4, 0.5) is 19.0 Å². The van der Waals surface area contributed by atoms with Crippen LogP contribution in [0.3, 0.4) is 0 Å². The van der Waals surface area contributed by atoms with Crippen molar-refractivity contribution in [2.75, 3.05) is 50.8 Å². The van der Waals surface area contributed by atoms with Gasteiger partial charge in [-0.15, -0.1) is 0 Å². The number of carbonyl (C=O) groups excluding carboxylic acids is 1. The van der Waals surface area contributed by atoms with E-state index in [-0.39, 0.29) is 12.0 Å². The Kier molecular flexibility index (Phi) is 5.46. The molecule has 1 aromatic heterocycles. The zero-order valence-electron chi connectivity index (χ0n) is 15.7. The summed E-state index contributed by atoms with van der Waals surface area (Å²) in [5, 5.41) is 0. The summed E-state index contributed by atoms with van der Waals surface area (Å²) in [5.41, 5.74) is -0.715. The summed E-state index contributed by atoms with van der Waals surface area (Å²) in [7, 11) is 0. The van der Waals surface area contributed by atoms with Gasteiger partial charge in [-0.1, -0.05) is 0 Å². The average molecular weight is 398 g/mol. The molecule has 3 fully saturated rings. The Balaban J connectivity index is 1.26. The predicted molar refractivity (Wildman–Crippen MR) is 97.0 cm³/mol. The van der Waals surface area contributed by atoms with E-state index in [0.717, 1.165) is 70.8 Å². The van der Waals surface area contributed by atoms with Crippen LogP contribution in [0.2, 0.25) is 0 Å². The molecule has 0 bridgehead atoms. The average Bonchev–Trinajstić information content (AvgIpc) is 3.14. The van der Waals surface area contributed by atoms with E-state index in [1.807, 2.05) is 4.90 Å². The summed E-state index contributed by atoms with van der Waals surface area (Å²) in [5.74, 6) is 0.512. The molecule has 0 radical (unpaired) electrons. The Morgan fingerprint density at radius 3 is 2.21 bits per heavy atom. The molecule has 0 amide bonds. The van der Waals surface area contributed by atoms with E-state index in [9.17, 15) is 18.0 Å². The molecule has 28 heavy (non-hydrogen) atoms. The fraction of sp³-hybridized carbons (Fsp3) is 0.684. The Labute approximate surface area is 162 Å². The molecular formula is C19H25F3N4O2. The molecule has 154 valence electrons. The molecule has 3 saturated heterocycles. The minimum absolute atomic E-state index is 0.0662. The van der Waals surface area contributed by atoms with Crippen LogP contribution >= 0.6 is 0 Å². The third kappa shape index (κ3) is 4.10. The maximum absolute atomic E-state index is 12.7. The van der Waals surface area contributed by atoms with Crippen LogP contribution in [0, 0.1) is 0 Å². The highest BCUT2D eigenvalue weighted by Gasteiger charge is 2.36. The number of likely N-dealkylation sites (tertiary alicyclic amines) is 1. The third-order valence-corrected chi connectivity index (χ3v) is 6.08. The van der Waals surface area contributed by atoms with Gasteiger partial charge in [0.2, 0.25) is 0 Å². The van der Waals surface area contributed by atoms with Crippen molar-refractivity contribution in [3.05, 3.63) is 23.9 Å². The van der Waals surface area contributed by atoms with Gasteiger partial charge in [0.05, 0.1) is 12.2 Å². The van der Waals surface area contributed by atoms with Gasteiger partial charge in [-0.05, 0) is 25.0 Å². The van der Waals surface area contributed by atoms with Crippen LogP contribution in [0.25, 0.3) is 0 Å². The molecule has 1 unspecified atom stereocenters. The fourth-order valence-corrected chi connectivity index (χ4v) is 4.44. The first-order valence-electron chi connectivity index (χ1n) is 9.85. The number of halogens is 3. The maximum Gasteiger partial charge on any atom is 0.417 e. The van der Waals surface area contributed by atoms with E-state index in [4.69, 9.17) is 4.74 Å². The van der Waals surface area contributed by atoms with Crippen molar-refractivity contribution in [3.63, 3.8) is 0 Å². The SMILES string of the molecule is O=C1OCCC1N1CCC(N2CCN(c3ccc(C(F)(F)F)cn3)CC2)CC1. The first-order chi connectivity index (χ1) is 13.4. The number of alkyl halides is 3. The van der Waals surface area contributed by atoms with E-state index in [1.165, 1.54) is 6.07 Å². The standard InChI is InChI=1S/C19H25F3N4O2/c20-19(21,22)14-1-2-17(23-13-14)26-10-8-24(9-11-26)15-3-6-25(7-4-15)16-5-12-28-18(16)27/h1-2,13,15-16H,3-12H2. The van der Waals surface area contributed by atoms with Gasteiger partial charge in [0.1, 0.15) is 11.9 Å². The van der Waals surface area contributed by atoms with Crippen LogP contribution in [0.1, 0.15) is 24.8 Å². The van der Waals surface area contributed by atoms with Gasteiger partial charge in [-0.2, -0.15) is 13.2 Å². The van der Waals surface area contributed by atoms with Crippen molar-refractivity contribution in [2.45, 2.75) is 37.5 Å². The van der Waals surface area contributed by atoms with Crippen LogP contribution in [-0.2, 0) is 15.7 Å². The minimum Gasteiger partial charge on any atom is -0.464 e. The van der Waals surface area contributed by atoms with Crippen molar-refractivity contribution in [2.24, 2.45) is 0 Å². The lowest BCUT2D eigenvalue weighted by molar-refractivity contribution is -0.143. The van der Waals surface area contributed by atoms with Crippen LogP contribution in [0.5, 0.6) is 0 Å². The first-order valence-corrected chi connectivity index (χ1v) is 9.85. The number of piperidine rings is 1. The normalized spacial score (nSPS) is 25.9. The number of rotatable bonds is 3. The van der Waals surface area contributed by atoms with Gasteiger partial charge in [0.25, 0.3) is 0 Å². The molecule has 0 N–H and O–H groups in total. The minimum atomic E-state index is -4.35. The highest BCUT2D eigenvalue weighted by molar-refractivity contribution is 5.77. The fourth-order valence-electron chi connectivity index (χ4n) is 4.44. The monoisotopic (exact) mass is 398 g/mol. The van der Waals surface area contributed by atoms with Gasteiger partial charge in [-0.25, -0.2) is 4.98 Å². The Morgan fingerprint density at radius 1 is 0.964 bits per heavy atom. The number of aromatic nitrogens is 1. The van der Waals surface area contributed by atoms with Gasteiger partial charge in [0, 0.05) is 57.9 Å². The van der Waals surface area contributed by atoms with Crippen molar-refractivity contribution in [3.8, 4) is 0 Å². The van der Waals surface area contributed by atoms with Crippen LogP contribution < -0.4 is 4.90 Å². The second-order valence-corrected chi connectivity index (χ2v) is 7.66. The summed E-state index contributed by atoms with van der Waals surface area (Å²) in [6.07, 6.45) is -0.591. The number of anilines is 1. The number of piperazine rings is 1. The van der Waals surface area contributed by atoms with Crippen molar-refractivity contribution in [1.29, 1.82) is 0 Å². The molecule has 0 saturated carbocycles. The summed E-state index contributed by atoms with van der Waals surface area (Å²) >= 11 is 0. The van der Waals surface area contributed by atoms with Crippen molar-refractivity contribution >= 4 is 11.8 Å². The molecule has 0 spiro atoms. The van der Waals surface area contributed by atoms with Gasteiger partial charge < -0.3 is 9.64 Å². The number of hydrogen-bond donors (Lipinski definition) is 0. The smallest absolute Gasteiger partial charge is 0.417 e. The molecule has 4 rings (SSSR count). The van der Waals surface area contributed by atoms with Crippen molar-refractivity contribution < 1.29 is 22.7 Å². The maximum atomic E-state index is 12.7. The van der Waals surface area contributed by atoms with Gasteiger partial charge in [0.15, 0.2) is 0 Å². The summed E-state index contributed by atoms with van der Waals surface area (Å²) in [6, 6.07) is 2.98. The molecule has 6 nitrogen and oxygen atoms in total. The lowest BCUT2D eigenvalue weighted by Gasteiger charge is -2.43. The predicted octanol–water partition coefficient (Wildman–Crippen LogP) is 2.00. The van der Waals surface area contributed by atoms with Crippen LogP contribution in [-0.4, -0.2) is 78.7 Å². The van der Waals surface area contributed by atoms with Gasteiger partial charge >= 0.3 is 12.1 Å². The van der Waals surface area contributed by atoms with E-state index >= 15 is 0 Å². The second kappa shape index (κ2) is 7.87. The third-order valence-electron chi connectivity index (χ3n) is 6.08. The molecule has 9 heteroatoms. The number of cyclic esters (lactones) is 1. The molecule has 1 atom stereocenters. The lowest BCUT2D eigenvalue weighted by atomic mass is 10.00. The number of nitrogens with zero attached hydrogens (tertiary/aromatic N) is 4. The first kappa shape index (κ1) is 19.4. The number of esters is 1. The number of hydrogen-bond acceptors (Lipinski definition) is 6. The molecule has 4 heterocycles. The number of pyridine rings is 1. The lowest BCUT2D eigenvalue weighted by Crippen LogP contribution is -2.54. The summed E-state index contributed by atoms with van der Waals surface area (Å²) in [4.78, 5) is 22.5. The van der Waals surface area contributed by atoms with Crippen LogP contribution in [0.15, 0.2) is 18.3 Å². The quantitative estimate of drug-likeness (QED) is 0.726. The Bertz CT molecular complexity index is 681. The molecule has 1 aromatic rings. The largest absolute Gasteiger partial charge is 0.464 e. The second-order valence-electron chi connectivity index (χ2n) is 7.66. The number of ether oxygens (including phenoxy) is 1. The van der Waals surface area contributed by atoms with E-state index in [0.29, 0.717) is 18.5 Å². The highest BCUT2D eigenvalue weighted by Crippen LogP contribution is 2.30. The van der Waals surface area contributed by atoms with E-state index in [1.54, 1.807) is 0 Å². The molecule has 0 aromatic carbocycles. The topological polar surface area (TPSA) is 48.9 Å². The zero-order chi connectivity index (χ0) is 19.7. The van der Waals surface area contributed by atoms with Gasteiger partial charge in [-0.3, -0.25) is 14.6 Å². The molecule has 3 aliphatic rings. The van der Waals surface area contributed by atoms with E-state index in [2.05, 4.69) is 14.8 Å². The summed E-state index contributed by atoms with van der Waals surface area (Å²) < 4.78 is 43.1. The Hall–Kier alpha value is -1.87. The molecule has 0 aliphatic carbocycles. The molecule has 3 aliphatic heterocycles. The number of carbonyl (C=O) groups is 1. The molecular weight excluding hydrogens is 373 g/mol. The Morgan fingerprint density at radius 2 is 1.68 bits per heavy atom. The van der Waals surface area contributed by atoms with Crippen molar-refractivity contribution in [1.82, 2.24) is 14.8 Å². The van der Waals surface area contributed by atoms with E-state index < -0.39 is 11.7 Å². The zero-order valence-corrected chi connectivity index (χ0v) is 15.7.